The standard InChI is InChI=1S/C19H20FN3O4/c1-2-27-17-11-13(7-8-16(17)24)12-21-23-19(26)10-9-18(25)22-15-6-4-3-5-14(15)20/h3-8,11-12,24H,2,9-10H2,1H3,(H,22,25)(H,23,26). The highest BCUT2D eigenvalue weighted by Crippen LogP contribution is 2.26. The van der Waals surface area contributed by atoms with Gasteiger partial charge in [-0.3, -0.25) is 9.59 Å². The van der Waals surface area contributed by atoms with Gasteiger partial charge in [-0.05, 0) is 42.8 Å². The van der Waals surface area contributed by atoms with Gasteiger partial charge in [-0.15, -0.1) is 0 Å². The molecule has 0 aliphatic rings. The summed E-state index contributed by atoms with van der Waals surface area (Å²) in [4.78, 5) is 23.5. The topological polar surface area (TPSA) is 100 Å². The van der Waals surface area contributed by atoms with Crippen molar-refractivity contribution < 1.29 is 23.8 Å². The van der Waals surface area contributed by atoms with Gasteiger partial charge in [0.05, 0.1) is 18.5 Å². The number of aromatic hydroxyl groups is 1. The van der Waals surface area contributed by atoms with Gasteiger partial charge in [0, 0.05) is 12.8 Å². The first-order valence-corrected chi connectivity index (χ1v) is 8.31. The maximum atomic E-state index is 13.4. The normalized spacial score (nSPS) is 10.6. The summed E-state index contributed by atoms with van der Waals surface area (Å²) < 4.78 is 18.7. The van der Waals surface area contributed by atoms with E-state index < -0.39 is 17.6 Å². The van der Waals surface area contributed by atoms with E-state index in [2.05, 4.69) is 15.8 Å². The molecule has 0 aliphatic heterocycles. The molecule has 0 aromatic heterocycles. The van der Waals surface area contributed by atoms with Crippen molar-refractivity contribution in [1.29, 1.82) is 0 Å². The van der Waals surface area contributed by atoms with Crippen molar-refractivity contribution in [3.05, 3.63) is 53.8 Å². The van der Waals surface area contributed by atoms with E-state index in [1.165, 1.54) is 30.5 Å². The molecule has 0 aliphatic carbocycles. The number of carbonyl (C=O) groups excluding carboxylic acids is 2. The minimum atomic E-state index is -0.541. The van der Waals surface area contributed by atoms with Crippen LogP contribution in [-0.4, -0.2) is 29.7 Å². The predicted octanol–water partition coefficient (Wildman–Crippen LogP) is 2.80. The molecule has 7 nitrogen and oxygen atoms in total. The molecule has 0 saturated heterocycles. The van der Waals surface area contributed by atoms with Crippen LogP contribution in [0, 0.1) is 5.82 Å². The Balaban J connectivity index is 1.79. The Morgan fingerprint density at radius 2 is 1.93 bits per heavy atom. The third kappa shape index (κ3) is 6.43. The van der Waals surface area contributed by atoms with Crippen LogP contribution in [0.1, 0.15) is 25.3 Å². The van der Waals surface area contributed by atoms with Gasteiger partial charge in [-0.2, -0.15) is 5.10 Å². The van der Waals surface area contributed by atoms with Crippen molar-refractivity contribution >= 4 is 23.7 Å². The number of para-hydroxylation sites is 1. The Hall–Kier alpha value is -3.42. The number of amides is 2. The molecule has 2 aromatic rings. The Bertz CT molecular complexity index is 839. The fourth-order valence-corrected chi connectivity index (χ4v) is 2.12. The van der Waals surface area contributed by atoms with E-state index in [9.17, 15) is 19.1 Å². The Morgan fingerprint density at radius 3 is 2.67 bits per heavy atom. The molecule has 3 N–H and O–H groups in total. The van der Waals surface area contributed by atoms with Crippen LogP contribution in [0.2, 0.25) is 0 Å². The summed E-state index contributed by atoms with van der Waals surface area (Å²) in [5.41, 5.74) is 2.99. The Morgan fingerprint density at radius 1 is 1.19 bits per heavy atom. The summed E-state index contributed by atoms with van der Waals surface area (Å²) in [6.45, 7) is 2.20. The zero-order valence-corrected chi connectivity index (χ0v) is 14.7. The number of halogens is 1. The van der Waals surface area contributed by atoms with E-state index in [4.69, 9.17) is 4.74 Å². The fraction of sp³-hybridized carbons (Fsp3) is 0.211. The zero-order valence-electron chi connectivity index (χ0n) is 14.7. The number of carbonyl (C=O) groups is 2. The van der Waals surface area contributed by atoms with Crippen molar-refractivity contribution in [3.8, 4) is 11.5 Å². The second-order valence-electron chi connectivity index (χ2n) is 5.48. The van der Waals surface area contributed by atoms with Crippen molar-refractivity contribution in [2.45, 2.75) is 19.8 Å². The molecule has 2 rings (SSSR count). The molecule has 0 spiro atoms. The third-order valence-corrected chi connectivity index (χ3v) is 3.41. The summed E-state index contributed by atoms with van der Waals surface area (Å²) in [5, 5.41) is 15.8. The monoisotopic (exact) mass is 373 g/mol. The van der Waals surface area contributed by atoms with E-state index in [0.29, 0.717) is 17.9 Å². The molecule has 0 bridgehead atoms. The lowest BCUT2D eigenvalue weighted by Crippen LogP contribution is -2.20. The Labute approximate surface area is 155 Å². The van der Waals surface area contributed by atoms with Crippen LogP contribution in [0.4, 0.5) is 10.1 Å². The number of phenols is 1. The predicted molar refractivity (Wildman–Crippen MR) is 99.3 cm³/mol. The highest BCUT2D eigenvalue weighted by atomic mass is 19.1. The molecule has 2 aromatic carbocycles. The molecular weight excluding hydrogens is 353 g/mol. The number of ether oxygens (including phenoxy) is 1. The molecule has 0 unspecified atom stereocenters. The van der Waals surface area contributed by atoms with E-state index >= 15 is 0 Å². The van der Waals surface area contributed by atoms with Gasteiger partial charge in [0.2, 0.25) is 11.8 Å². The molecule has 0 fully saturated rings. The molecule has 142 valence electrons. The number of benzene rings is 2. The molecule has 0 radical (unpaired) electrons. The highest BCUT2D eigenvalue weighted by molar-refractivity contribution is 5.93. The Kier molecular flexibility index (Phi) is 7.30. The number of nitrogens with zero attached hydrogens (tertiary/aromatic N) is 1. The lowest BCUT2D eigenvalue weighted by Gasteiger charge is -2.06. The van der Waals surface area contributed by atoms with Crippen LogP contribution in [0.3, 0.4) is 0 Å². The molecule has 27 heavy (non-hydrogen) atoms. The molecule has 8 heteroatoms. The zero-order chi connectivity index (χ0) is 19.6. The summed E-state index contributed by atoms with van der Waals surface area (Å²) in [5.74, 6) is -1.14. The van der Waals surface area contributed by atoms with Gasteiger partial charge in [0.15, 0.2) is 11.5 Å². The van der Waals surface area contributed by atoms with Gasteiger partial charge in [0.25, 0.3) is 0 Å². The number of hydrogen-bond acceptors (Lipinski definition) is 5. The second-order valence-corrected chi connectivity index (χ2v) is 5.48. The molecule has 0 saturated carbocycles. The summed E-state index contributed by atoms with van der Waals surface area (Å²) in [6.07, 6.45) is 1.18. The first kappa shape index (κ1) is 19.9. The first-order chi connectivity index (χ1) is 13.0. The number of hydrazone groups is 1. The summed E-state index contributed by atoms with van der Waals surface area (Å²) in [6, 6.07) is 10.4. The average molecular weight is 373 g/mol. The maximum absolute atomic E-state index is 13.4. The first-order valence-electron chi connectivity index (χ1n) is 8.31. The van der Waals surface area contributed by atoms with E-state index in [-0.39, 0.29) is 24.3 Å². The summed E-state index contributed by atoms with van der Waals surface area (Å²) in [7, 11) is 0. The van der Waals surface area contributed by atoms with E-state index in [1.807, 2.05) is 0 Å². The van der Waals surface area contributed by atoms with Crippen LogP contribution in [0.5, 0.6) is 11.5 Å². The van der Waals surface area contributed by atoms with Crippen LogP contribution in [-0.2, 0) is 9.59 Å². The van der Waals surface area contributed by atoms with Gasteiger partial charge in [-0.1, -0.05) is 12.1 Å². The van der Waals surface area contributed by atoms with Gasteiger partial charge in [-0.25, -0.2) is 9.82 Å². The van der Waals surface area contributed by atoms with Crippen LogP contribution in [0.15, 0.2) is 47.6 Å². The average Bonchev–Trinajstić information content (AvgIpc) is 2.65. The fourth-order valence-electron chi connectivity index (χ4n) is 2.12. The number of rotatable bonds is 8. The molecule has 2 amide bonds. The van der Waals surface area contributed by atoms with Crippen LogP contribution < -0.4 is 15.5 Å². The number of nitrogens with one attached hydrogen (secondary N) is 2. The minimum absolute atomic E-state index is 0.0129. The quantitative estimate of drug-likeness (QED) is 0.489. The number of hydrogen-bond donors (Lipinski definition) is 3. The second kappa shape index (κ2) is 9.91. The highest BCUT2D eigenvalue weighted by Gasteiger charge is 2.09. The van der Waals surface area contributed by atoms with Crippen LogP contribution >= 0.6 is 0 Å². The van der Waals surface area contributed by atoms with Crippen molar-refractivity contribution in [2.24, 2.45) is 5.10 Å². The molecule has 0 heterocycles. The van der Waals surface area contributed by atoms with Crippen LogP contribution in [0.25, 0.3) is 0 Å². The molecular formula is C19H20FN3O4. The SMILES string of the molecule is CCOc1cc(C=NNC(=O)CCC(=O)Nc2ccccc2F)ccc1O. The number of phenolic OH excluding ortho intramolecular Hbond substituents is 1. The van der Waals surface area contributed by atoms with Crippen molar-refractivity contribution in [2.75, 3.05) is 11.9 Å². The van der Waals surface area contributed by atoms with Crippen molar-refractivity contribution in [1.82, 2.24) is 5.43 Å². The van der Waals surface area contributed by atoms with Gasteiger partial charge >= 0.3 is 0 Å². The smallest absolute Gasteiger partial charge is 0.240 e. The lowest BCUT2D eigenvalue weighted by atomic mass is 10.2. The van der Waals surface area contributed by atoms with Gasteiger partial charge < -0.3 is 15.2 Å². The third-order valence-electron chi connectivity index (χ3n) is 3.41. The van der Waals surface area contributed by atoms with Gasteiger partial charge in [0.1, 0.15) is 5.82 Å². The van der Waals surface area contributed by atoms with E-state index in [0.717, 1.165) is 0 Å². The number of anilines is 1. The van der Waals surface area contributed by atoms with E-state index in [1.54, 1.807) is 25.1 Å². The largest absolute Gasteiger partial charge is 0.504 e. The molecule has 0 atom stereocenters. The lowest BCUT2D eigenvalue weighted by molar-refractivity contribution is -0.124. The minimum Gasteiger partial charge on any atom is -0.504 e. The maximum Gasteiger partial charge on any atom is 0.240 e. The van der Waals surface area contributed by atoms with Crippen molar-refractivity contribution in [3.63, 3.8) is 0 Å². The summed E-state index contributed by atoms with van der Waals surface area (Å²) >= 11 is 0.